The maximum absolute atomic E-state index is 5.05. The normalized spacial score (nSPS) is 12.0. The van der Waals surface area contributed by atoms with Gasteiger partial charge in [0.05, 0.1) is 11.2 Å². The lowest BCUT2D eigenvalue weighted by molar-refractivity contribution is 0.412. The summed E-state index contributed by atoms with van der Waals surface area (Å²) in [7, 11) is 0. The Balaban J connectivity index is 1.91. The first-order valence-electron chi connectivity index (χ1n) is 9.30. The van der Waals surface area contributed by atoms with Crippen molar-refractivity contribution in [1.82, 2.24) is 4.98 Å². The maximum Gasteiger partial charge on any atom is 0.0718 e. The van der Waals surface area contributed by atoms with Crippen molar-refractivity contribution in [2.24, 2.45) is 5.41 Å². The van der Waals surface area contributed by atoms with E-state index >= 15 is 0 Å². The summed E-state index contributed by atoms with van der Waals surface area (Å²) in [6.07, 6.45) is 1.05. The molecule has 0 atom stereocenters. The molecule has 0 amide bonds. The average molecular weight is 339 g/mol. The number of aryl methyl sites for hydroxylation is 1. The fraction of sp³-hybridized carbons (Fsp3) is 0.240. The van der Waals surface area contributed by atoms with Crippen LogP contribution in [0.15, 0.2) is 66.7 Å². The molecule has 26 heavy (non-hydrogen) atoms. The van der Waals surface area contributed by atoms with Crippen LogP contribution in [0.3, 0.4) is 0 Å². The first-order chi connectivity index (χ1) is 12.4. The third-order valence-electron chi connectivity index (χ3n) is 4.94. The molecule has 0 aliphatic carbocycles. The van der Waals surface area contributed by atoms with Gasteiger partial charge in [0.1, 0.15) is 0 Å². The van der Waals surface area contributed by atoms with E-state index in [-0.39, 0.29) is 5.41 Å². The van der Waals surface area contributed by atoms with E-state index in [0.717, 1.165) is 17.6 Å². The zero-order chi connectivity index (χ0) is 18.3. The minimum absolute atomic E-state index is 0.263. The molecule has 0 spiro atoms. The molecule has 0 aliphatic rings. The van der Waals surface area contributed by atoms with Gasteiger partial charge in [0.25, 0.3) is 0 Å². The topological polar surface area (TPSA) is 12.9 Å². The lowest BCUT2D eigenvalue weighted by Crippen LogP contribution is -2.09. The van der Waals surface area contributed by atoms with Crippen molar-refractivity contribution in [2.45, 2.75) is 34.1 Å². The highest BCUT2D eigenvalue weighted by Gasteiger charge is 2.15. The number of hydrogen-bond acceptors (Lipinski definition) is 1. The van der Waals surface area contributed by atoms with Gasteiger partial charge in [0.15, 0.2) is 0 Å². The Labute approximate surface area is 155 Å². The van der Waals surface area contributed by atoms with Gasteiger partial charge in [-0.1, -0.05) is 75.4 Å². The Morgan fingerprint density at radius 2 is 1.58 bits per heavy atom. The summed E-state index contributed by atoms with van der Waals surface area (Å²) < 4.78 is 0. The van der Waals surface area contributed by atoms with Crippen molar-refractivity contribution < 1.29 is 0 Å². The van der Waals surface area contributed by atoms with Gasteiger partial charge in [0, 0.05) is 10.9 Å². The van der Waals surface area contributed by atoms with Crippen LogP contribution in [0.5, 0.6) is 0 Å². The Bertz CT molecular complexity index is 1100. The van der Waals surface area contributed by atoms with Crippen LogP contribution in [0, 0.1) is 12.3 Å². The number of rotatable bonds is 2. The lowest BCUT2D eigenvalue weighted by atomic mass is 9.86. The summed E-state index contributed by atoms with van der Waals surface area (Å²) in [5.41, 5.74) is 6.28. The van der Waals surface area contributed by atoms with E-state index in [1.54, 1.807) is 0 Å². The lowest BCUT2D eigenvalue weighted by Gasteiger charge is -2.19. The van der Waals surface area contributed by atoms with E-state index in [9.17, 15) is 0 Å². The van der Waals surface area contributed by atoms with Gasteiger partial charge >= 0.3 is 0 Å². The molecule has 1 nitrogen and oxygen atoms in total. The number of hydrogen-bond donors (Lipinski definition) is 0. The molecular weight excluding hydrogens is 314 g/mol. The van der Waals surface area contributed by atoms with Crippen molar-refractivity contribution >= 4 is 21.7 Å². The van der Waals surface area contributed by atoms with Gasteiger partial charge in [-0.3, -0.25) is 0 Å². The number of nitrogens with zero attached hydrogens (tertiary/aromatic N) is 1. The van der Waals surface area contributed by atoms with Gasteiger partial charge in [0.2, 0.25) is 0 Å². The van der Waals surface area contributed by atoms with E-state index in [1.165, 1.54) is 32.8 Å². The van der Waals surface area contributed by atoms with Crippen molar-refractivity contribution in [3.05, 3.63) is 77.9 Å². The van der Waals surface area contributed by atoms with Crippen LogP contribution in [-0.2, 0) is 6.42 Å². The molecule has 0 bridgehead atoms. The fourth-order valence-corrected chi connectivity index (χ4v) is 3.80. The smallest absolute Gasteiger partial charge is 0.0718 e. The van der Waals surface area contributed by atoms with Crippen LogP contribution in [0.2, 0.25) is 0 Å². The molecule has 0 radical (unpaired) electrons. The molecule has 4 rings (SSSR count). The van der Waals surface area contributed by atoms with Crippen LogP contribution in [0.1, 0.15) is 31.9 Å². The van der Waals surface area contributed by atoms with Crippen LogP contribution in [0.4, 0.5) is 0 Å². The summed E-state index contributed by atoms with van der Waals surface area (Å²) in [5.74, 6) is 0. The molecule has 1 aromatic heterocycles. The summed E-state index contributed by atoms with van der Waals surface area (Å²) in [6, 6.07) is 23.9. The van der Waals surface area contributed by atoms with Gasteiger partial charge in [-0.2, -0.15) is 0 Å². The quantitative estimate of drug-likeness (QED) is 0.385. The first kappa shape index (κ1) is 16.8. The second-order valence-electron chi connectivity index (χ2n) is 8.40. The number of aromatic nitrogens is 1. The van der Waals surface area contributed by atoms with Crippen molar-refractivity contribution in [1.29, 1.82) is 0 Å². The molecule has 0 N–H and O–H groups in total. The van der Waals surface area contributed by atoms with Crippen LogP contribution < -0.4 is 0 Å². The maximum atomic E-state index is 5.05. The number of pyridine rings is 1. The summed E-state index contributed by atoms with van der Waals surface area (Å²) in [4.78, 5) is 5.05. The molecule has 130 valence electrons. The van der Waals surface area contributed by atoms with Gasteiger partial charge in [-0.15, -0.1) is 0 Å². The zero-order valence-corrected chi connectivity index (χ0v) is 16.0. The number of benzene rings is 3. The highest BCUT2D eigenvalue weighted by Crippen LogP contribution is 2.33. The molecule has 0 unspecified atom stereocenters. The predicted molar refractivity (Wildman–Crippen MR) is 113 cm³/mol. The highest BCUT2D eigenvalue weighted by atomic mass is 14.7. The Morgan fingerprint density at radius 3 is 2.38 bits per heavy atom. The SMILES string of the molecule is Cc1ccc2ccccc2c1-c1ccc2c(CC(C)(C)C)cccc2n1. The van der Waals surface area contributed by atoms with Gasteiger partial charge in [-0.05, 0) is 52.8 Å². The van der Waals surface area contributed by atoms with Crippen LogP contribution >= 0.6 is 0 Å². The molecular formula is C25H25N. The largest absolute Gasteiger partial charge is 0.248 e. The molecule has 3 aromatic carbocycles. The van der Waals surface area contributed by atoms with Crippen LogP contribution in [0.25, 0.3) is 32.9 Å². The average Bonchev–Trinajstić information content (AvgIpc) is 2.60. The summed E-state index contributed by atoms with van der Waals surface area (Å²) >= 11 is 0. The van der Waals surface area contributed by atoms with E-state index in [0.29, 0.717) is 0 Å². The Kier molecular flexibility index (Phi) is 4.03. The third kappa shape index (κ3) is 3.10. The summed E-state index contributed by atoms with van der Waals surface area (Å²) in [5, 5.41) is 3.80. The number of fused-ring (bicyclic) bond motifs is 2. The summed E-state index contributed by atoms with van der Waals surface area (Å²) in [6.45, 7) is 9.02. The van der Waals surface area contributed by atoms with Gasteiger partial charge in [-0.25, -0.2) is 4.98 Å². The first-order valence-corrected chi connectivity index (χ1v) is 9.30. The molecule has 0 fully saturated rings. The molecule has 0 saturated heterocycles. The molecule has 0 saturated carbocycles. The highest BCUT2D eigenvalue weighted by molar-refractivity contribution is 5.98. The minimum Gasteiger partial charge on any atom is -0.248 e. The fourth-order valence-electron chi connectivity index (χ4n) is 3.80. The standard InChI is InChI=1S/C25H25N/c1-17-12-13-18-8-5-6-10-21(18)24(17)23-15-14-20-19(16-25(2,3)4)9-7-11-22(20)26-23/h5-15H,16H2,1-4H3. The van der Waals surface area contributed by atoms with Crippen molar-refractivity contribution in [3.63, 3.8) is 0 Å². The van der Waals surface area contributed by atoms with Gasteiger partial charge < -0.3 is 0 Å². The molecule has 0 aliphatic heterocycles. The zero-order valence-electron chi connectivity index (χ0n) is 16.0. The van der Waals surface area contributed by atoms with Crippen molar-refractivity contribution in [2.75, 3.05) is 0 Å². The second kappa shape index (κ2) is 6.25. The Morgan fingerprint density at radius 1 is 0.769 bits per heavy atom. The monoisotopic (exact) mass is 339 g/mol. The van der Waals surface area contributed by atoms with E-state index in [2.05, 4.69) is 94.4 Å². The second-order valence-corrected chi connectivity index (χ2v) is 8.40. The molecule has 1 heterocycles. The molecule has 1 heteroatoms. The minimum atomic E-state index is 0.263. The van der Waals surface area contributed by atoms with E-state index in [4.69, 9.17) is 4.98 Å². The van der Waals surface area contributed by atoms with E-state index in [1.807, 2.05) is 0 Å². The Hall–Kier alpha value is -2.67. The molecule has 4 aromatic rings. The van der Waals surface area contributed by atoms with Crippen molar-refractivity contribution in [3.8, 4) is 11.3 Å². The predicted octanol–water partition coefficient (Wildman–Crippen LogP) is 6.95. The van der Waals surface area contributed by atoms with Crippen LogP contribution in [-0.4, -0.2) is 4.98 Å². The van der Waals surface area contributed by atoms with E-state index < -0.39 is 0 Å². The third-order valence-corrected chi connectivity index (χ3v) is 4.94.